The van der Waals surface area contributed by atoms with Crippen molar-refractivity contribution in [1.29, 1.82) is 0 Å². The van der Waals surface area contributed by atoms with Crippen molar-refractivity contribution < 1.29 is 4.79 Å². The molecule has 4 N–H and O–H groups in total. The molecule has 0 aliphatic carbocycles. The first-order valence-electron chi connectivity index (χ1n) is 4.58. The molecule has 1 amide bonds. The van der Waals surface area contributed by atoms with Gasteiger partial charge >= 0.3 is 0 Å². The Balaban J connectivity index is 2.83. The van der Waals surface area contributed by atoms with Crippen molar-refractivity contribution in [1.82, 2.24) is 9.55 Å². The minimum absolute atomic E-state index is 0.151. The molecule has 1 unspecified atom stereocenters. The molecule has 0 aliphatic heterocycles. The van der Waals surface area contributed by atoms with Crippen molar-refractivity contribution in [3.8, 4) is 0 Å². The van der Waals surface area contributed by atoms with Crippen LogP contribution in [0.5, 0.6) is 0 Å². The van der Waals surface area contributed by atoms with Crippen LogP contribution in [0.3, 0.4) is 0 Å². The van der Waals surface area contributed by atoms with Crippen LogP contribution in [0.2, 0.25) is 0 Å². The smallest absolute Gasteiger partial charge is 0.219 e. The molecular weight excluding hydrogens is 180 g/mol. The number of nitrogens with two attached hydrogens (primary N) is 2. The lowest BCUT2D eigenvalue weighted by Crippen LogP contribution is -2.23. The molecule has 0 aliphatic rings. The Kier molecular flexibility index (Phi) is 3.24. The Morgan fingerprint density at radius 3 is 2.79 bits per heavy atom. The number of aromatic nitrogens is 2. The third-order valence-corrected chi connectivity index (χ3v) is 2.05. The average molecular weight is 196 g/mol. The van der Waals surface area contributed by atoms with Gasteiger partial charge in [0.15, 0.2) is 0 Å². The van der Waals surface area contributed by atoms with Crippen LogP contribution < -0.4 is 11.5 Å². The number of hydrogen-bond acceptors (Lipinski definition) is 3. The van der Waals surface area contributed by atoms with Gasteiger partial charge in [-0.15, -0.1) is 0 Å². The van der Waals surface area contributed by atoms with Gasteiger partial charge in [0.25, 0.3) is 0 Å². The Hall–Kier alpha value is -1.36. The van der Waals surface area contributed by atoms with E-state index in [1.165, 1.54) is 0 Å². The molecule has 1 aromatic heterocycles. The van der Waals surface area contributed by atoms with Crippen LogP contribution in [0.4, 0.5) is 0 Å². The molecular formula is C9H16N4O. The molecule has 14 heavy (non-hydrogen) atoms. The highest BCUT2D eigenvalue weighted by Gasteiger charge is 2.14. The summed E-state index contributed by atoms with van der Waals surface area (Å²) in [5.74, 6) is -0.394. The fourth-order valence-corrected chi connectivity index (χ4v) is 1.35. The summed E-state index contributed by atoms with van der Waals surface area (Å²) in [7, 11) is 0. The predicted octanol–water partition coefficient (Wildman–Crippen LogP) is 0.339. The van der Waals surface area contributed by atoms with Crippen molar-refractivity contribution in [2.24, 2.45) is 11.5 Å². The van der Waals surface area contributed by atoms with Gasteiger partial charge in [-0.1, -0.05) is 0 Å². The number of hydrogen-bond donors (Lipinski definition) is 2. The second kappa shape index (κ2) is 4.23. The maximum absolute atomic E-state index is 10.7. The maximum Gasteiger partial charge on any atom is 0.219 e. The van der Waals surface area contributed by atoms with Crippen molar-refractivity contribution in [3.05, 3.63) is 18.2 Å². The highest BCUT2D eigenvalue weighted by molar-refractivity contribution is 5.74. The molecule has 0 saturated heterocycles. The van der Waals surface area contributed by atoms with Crippen molar-refractivity contribution in [2.45, 2.75) is 32.4 Å². The van der Waals surface area contributed by atoms with E-state index in [9.17, 15) is 4.79 Å². The third kappa shape index (κ3) is 2.32. The highest BCUT2D eigenvalue weighted by atomic mass is 16.1. The Bertz CT molecular complexity index is 318. The summed E-state index contributed by atoms with van der Waals surface area (Å²) in [6.45, 7) is 4.06. The van der Waals surface area contributed by atoms with Crippen molar-refractivity contribution in [3.63, 3.8) is 0 Å². The number of imidazole rings is 1. The zero-order chi connectivity index (χ0) is 10.7. The monoisotopic (exact) mass is 196 g/mol. The summed E-state index contributed by atoms with van der Waals surface area (Å²) >= 11 is 0. The van der Waals surface area contributed by atoms with Crippen LogP contribution in [-0.2, 0) is 4.79 Å². The van der Waals surface area contributed by atoms with E-state index in [1.807, 2.05) is 18.4 Å². The van der Waals surface area contributed by atoms with Gasteiger partial charge < -0.3 is 16.0 Å². The number of amides is 1. The summed E-state index contributed by atoms with van der Waals surface area (Å²) in [5.41, 5.74) is 11.7. The number of rotatable bonds is 4. The molecule has 0 saturated carbocycles. The molecule has 0 aromatic carbocycles. The molecule has 0 spiro atoms. The SMILES string of the molecule is CC(C)n1cncc1C(N)CC(N)=O. The minimum atomic E-state index is -0.394. The van der Waals surface area contributed by atoms with E-state index < -0.39 is 5.91 Å². The van der Waals surface area contributed by atoms with Crippen LogP contribution in [0.1, 0.15) is 38.0 Å². The lowest BCUT2D eigenvalue weighted by molar-refractivity contribution is -0.118. The third-order valence-electron chi connectivity index (χ3n) is 2.05. The number of primary amides is 1. The van der Waals surface area contributed by atoms with Gasteiger partial charge in [-0.05, 0) is 13.8 Å². The predicted molar refractivity (Wildman–Crippen MR) is 53.4 cm³/mol. The molecule has 1 aromatic rings. The van der Waals surface area contributed by atoms with E-state index in [0.717, 1.165) is 5.69 Å². The molecule has 5 heteroatoms. The van der Waals surface area contributed by atoms with Crippen LogP contribution in [0.15, 0.2) is 12.5 Å². The van der Waals surface area contributed by atoms with E-state index in [2.05, 4.69) is 4.98 Å². The van der Waals surface area contributed by atoms with E-state index in [-0.39, 0.29) is 18.5 Å². The van der Waals surface area contributed by atoms with E-state index >= 15 is 0 Å². The van der Waals surface area contributed by atoms with E-state index in [1.54, 1.807) is 12.5 Å². The number of nitrogens with zero attached hydrogens (tertiary/aromatic N) is 2. The van der Waals surface area contributed by atoms with Crippen LogP contribution >= 0.6 is 0 Å². The molecule has 0 fully saturated rings. The summed E-state index contributed by atoms with van der Waals surface area (Å²) in [4.78, 5) is 14.7. The minimum Gasteiger partial charge on any atom is -0.370 e. The zero-order valence-electron chi connectivity index (χ0n) is 8.47. The number of carbonyl (C=O) groups excluding carboxylic acids is 1. The van der Waals surface area contributed by atoms with Gasteiger partial charge in [0.05, 0.1) is 18.1 Å². The highest BCUT2D eigenvalue weighted by Crippen LogP contribution is 2.17. The molecule has 1 atom stereocenters. The Morgan fingerprint density at radius 2 is 2.29 bits per heavy atom. The summed E-state index contributed by atoms with van der Waals surface area (Å²) in [6, 6.07) is -0.0798. The molecule has 0 bridgehead atoms. The fraction of sp³-hybridized carbons (Fsp3) is 0.556. The fourth-order valence-electron chi connectivity index (χ4n) is 1.35. The second-order valence-electron chi connectivity index (χ2n) is 3.60. The molecule has 1 rings (SSSR count). The summed E-state index contributed by atoms with van der Waals surface area (Å²) < 4.78 is 1.94. The number of carbonyl (C=O) groups is 1. The van der Waals surface area contributed by atoms with Gasteiger partial charge in [0.2, 0.25) is 5.91 Å². The van der Waals surface area contributed by atoms with Gasteiger partial charge in [0.1, 0.15) is 0 Å². The quantitative estimate of drug-likeness (QED) is 0.728. The first kappa shape index (κ1) is 10.7. The molecule has 0 radical (unpaired) electrons. The van der Waals surface area contributed by atoms with Crippen LogP contribution in [0, 0.1) is 0 Å². The van der Waals surface area contributed by atoms with Gasteiger partial charge in [-0.3, -0.25) is 4.79 Å². The summed E-state index contributed by atoms with van der Waals surface area (Å²) in [5, 5.41) is 0. The van der Waals surface area contributed by atoms with Gasteiger partial charge in [-0.25, -0.2) is 4.98 Å². The van der Waals surface area contributed by atoms with Gasteiger partial charge in [-0.2, -0.15) is 0 Å². The molecule has 1 heterocycles. The second-order valence-corrected chi connectivity index (χ2v) is 3.60. The normalized spacial score (nSPS) is 13.1. The van der Waals surface area contributed by atoms with E-state index in [0.29, 0.717) is 0 Å². The van der Waals surface area contributed by atoms with Crippen LogP contribution in [0.25, 0.3) is 0 Å². The van der Waals surface area contributed by atoms with Crippen LogP contribution in [-0.4, -0.2) is 15.5 Å². The summed E-state index contributed by atoms with van der Waals surface area (Å²) in [6.07, 6.45) is 3.53. The van der Waals surface area contributed by atoms with Gasteiger partial charge in [0, 0.05) is 18.7 Å². The lowest BCUT2D eigenvalue weighted by atomic mass is 10.1. The van der Waals surface area contributed by atoms with Crippen molar-refractivity contribution in [2.75, 3.05) is 0 Å². The average Bonchev–Trinajstić information content (AvgIpc) is 2.49. The Labute approximate surface area is 83.1 Å². The molecule has 5 nitrogen and oxygen atoms in total. The largest absolute Gasteiger partial charge is 0.370 e. The van der Waals surface area contributed by atoms with Crippen molar-refractivity contribution >= 4 is 5.91 Å². The first-order chi connectivity index (χ1) is 6.52. The Morgan fingerprint density at radius 1 is 1.64 bits per heavy atom. The lowest BCUT2D eigenvalue weighted by Gasteiger charge is -2.15. The standard InChI is InChI=1S/C9H16N4O/c1-6(2)13-5-12-4-8(13)7(10)3-9(11)14/h4-7H,3,10H2,1-2H3,(H2,11,14). The topological polar surface area (TPSA) is 86.9 Å². The maximum atomic E-state index is 10.7. The first-order valence-corrected chi connectivity index (χ1v) is 4.58. The van der Waals surface area contributed by atoms with E-state index in [4.69, 9.17) is 11.5 Å². The molecule has 78 valence electrons. The zero-order valence-corrected chi connectivity index (χ0v) is 8.47.